The highest BCUT2D eigenvalue weighted by atomic mass is 16.3. The molecule has 0 radical (unpaired) electrons. The zero-order valence-electron chi connectivity index (χ0n) is 11.4. The summed E-state index contributed by atoms with van der Waals surface area (Å²) in [6.07, 6.45) is 0. The second kappa shape index (κ2) is 4.31. The molecule has 4 rings (SSSR count). The number of nitrogens with zero attached hydrogens (tertiary/aromatic N) is 2. The van der Waals surface area contributed by atoms with Gasteiger partial charge in [0.15, 0.2) is 0 Å². The van der Waals surface area contributed by atoms with Gasteiger partial charge in [0.1, 0.15) is 11.0 Å². The zero-order chi connectivity index (χ0) is 14.4. The maximum atomic E-state index is 12.6. The maximum absolute atomic E-state index is 12.6. The molecule has 0 aliphatic heterocycles. The first-order valence-corrected chi connectivity index (χ1v) is 6.72. The highest BCUT2D eigenvalue weighted by Crippen LogP contribution is 2.23. The van der Waals surface area contributed by atoms with Gasteiger partial charge in [0.2, 0.25) is 11.1 Å². The van der Waals surface area contributed by atoms with Crippen LogP contribution in [0.15, 0.2) is 63.8 Å². The van der Waals surface area contributed by atoms with Crippen LogP contribution in [0.4, 0.5) is 0 Å². The van der Waals surface area contributed by atoms with Crippen molar-refractivity contribution in [2.75, 3.05) is 0 Å². The van der Waals surface area contributed by atoms with E-state index in [1.54, 1.807) is 16.8 Å². The Morgan fingerprint density at radius 3 is 2.52 bits per heavy atom. The van der Waals surface area contributed by atoms with Crippen LogP contribution in [0, 0.1) is 6.92 Å². The molecule has 0 N–H and O–H groups in total. The smallest absolute Gasteiger partial charge is 0.234 e. The van der Waals surface area contributed by atoms with Crippen LogP contribution in [-0.2, 0) is 0 Å². The molecule has 0 aliphatic carbocycles. The van der Waals surface area contributed by atoms with Crippen LogP contribution in [0.2, 0.25) is 0 Å². The molecule has 2 aromatic heterocycles. The molecule has 0 spiro atoms. The maximum Gasteiger partial charge on any atom is 0.234 e. The molecular formula is C17H12N2O2. The lowest BCUT2D eigenvalue weighted by molar-refractivity contribution is 0.621. The quantitative estimate of drug-likeness (QED) is 0.535. The Balaban J connectivity index is 2.19. The summed E-state index contributed by atoms with van der Waals surface area (Å²) in [6, 6.07) is 16.9. The summed E-state index contributed by atoms with van der Waals surface area (Å²) in [5, 5.41) is 5.59. The monoisotopic (exact) mass is 276 g/mol. The SMILES string of the molecule is Cc1nn(-c2ccccc2)c2oc3ccccc3c(=O)c12. The minimum atomic E-state index is -0.0356. The summed E-state index contributed by atoms with van der Waals surface area (Å²) < 4.78 is 7.61. The summed E-state index contributed by atoms with van der Waals surface area (Å²) in [7, 11) is 0. The van der Waals surface area contributed by atoms with Gasteiger partial charge < -0.3 is 4.42 Å². The third-order valence-electron chi connectivity index (χ3n) is 3.58. The van der Waals surface area contributed by atoms with E-state index in [-0.39, 0.29) is 5.43 Å². The highest BCUT2D eigenvalue weighted by Gasteiger charge is 2.16. The van der Waals surface area contributed by atoms with Crippen LogP contribution in [0.3, 0.4) is 0 Å². The number of hydrogen-bond donors (Lipinski definition) is 0. The molecule has 0 saturated carbocycles. The fourth-order valence-electron chi connectivity index (χ4n) is 2.59. The zero-order valence-corrected chi connectivity index (χ0v) is 11.4. The van der Waals surface area contributed by atoms with Gasteiger partial charge in [-0.1, -0.05) is 30.3 Å². The van der Waals surface area contributed by atoms with E-state index in [4.69, 9.17) is 4.42 Å². The number of rotatable bonds is 1. The van der Waals surface area contributed by atoms with Crippen molar-refractivity contribution in [2.24, 2.45) is 0 Å². The number of hydrogen-bond acceptors (Lipinski definition) is 3. The summed E-state index contributed by atoms with van der Waals surface area (Å²) in [5.74, 6) is 0. The van der Waals surface area contributed by atoms with E-state index in [0.29, 0.717) is 27.8 Å². The molecule has 0 aliphatic rings. The van der Waals surface area contributed by atoms with Gasteiger partial charge >= 0.3 is 0 Å². The first kappa shape index (κ1) is 11.9. The van der Waals surface area contributed by atoms with Gasteiger partial charge in [-0.3, -0.25) is 4.79 Å². The lowest BCUT2D eigenvalue weighted by Crippen LogP contribution is -2.02. The third-order valence-corrected chi connectivity index (χ3v) is 3.58. The Morgan fingerprint density at radius 1 is 1.00 bits per heavy atom. The van der Waals surface area contributed by atoms with Gasteiger partial charge in [0.05, 0.1) is 16.8 Å². The average molecular weight is 276 g/mol. The topological polar surface area (TPSA) is 48.0 Å². The van der Waals surface area contributed by atoms with Crippen molar-refractivity contribution in [3.63, 3.8) is 0 Å². The van der Waals surface area contributed by atoms with Crippen molar-refractivity contribution < 1.29 is 4.42 Å². The van der Waals surface area contributed by atoms with E-state index in [2.05, 4.69) is 5.10 Å². The third kappa shape index (κ3) is 1.69. The number of aromatic nitrogens is 2. The van der Waals surface area contributed by atoms with E-state index in [0.717, 1.165) is 5.69 Å². The number of fused-ring (bicyclic) bond motifs is 2. The summed E-state index contributed by atoms with van der Waals surface area (Å²) in [6.45, 7) is 1.83. The predicted molar refractivity (Wildman–Crippen MR) is 81.8 cm³/mol. The molecule has 2 aromatic carbocycles. The molecule has 0 bridgehead atoms. The van der Waals surface area contributed by atoms with Crippen LogP contribution in [-0.4, -0.2) is 9.78 Å². The summed E-state index contributed by atoms with van der Waals surface area (Å²) in [5.41, 5.74) is 2.57. The fraction of sp³-hybridized carbons (Fsp3) is 0.0588. The predicted octanol–water partition coefficient (Wildman–Crippen LogP) is 3.44. The van der Waals surface area contributed by atoms with Crippen molar-refractivity contribution >= 4 is 22.1 Å². The minimum Gasteiger partial charge on any atom is -0.437 e. The molecule has 0 fully saturated rings. The molecule has 102 valence electrons. The first-order chi connectivity index (χ1) is 10.3. The van der Waals surface area contributed by atoms with Gasteiger partial charge in [-0.2, -0.15) is 9.78 Å². The minimum absolute atomic E-state index is 0.0356. The average Bonchev–Trinajstić information content (AvgIpc) is 2.86. The molecular weight excluding hydrogens is 264 g/mol. The molecule has 4 nitrogen and oxygen atoms in total. The number of benzene rings is 2. The Labute approximate surface area is 120 Å². The first-order valence-electron chi connectivity index (χ1n) is 6.72. The van der Waals surface area contributed by atoms with Gasteiger partial charge in [0.25, 0.3) is 0 Å². The van der Waals surface area contributed by atoms with Gasteiger partial charge in [-0.15, -0.1) is 0 Å². The van der Waals surface area contributed by atoms with Crippen molar-refractivity contribution in [3.05, 3.63) is 70.5 Å². The largest absolute Gasteiger partial charge is 0.437 e. The molecule has 21 heavy (non-hydrogen) atoms. The second-order valence-electron chi connectivity index (χ2n) is 4.94. The van der Waals surface area contributed by atoms with Crippen LogP contribution in [0.25, 0.3) is 27.8 Å². The Hall–Kier alpha value is -2.88. The molecule has 0 saturated heterocycles. The van der Waals surface area contributed by atoms with Crippen molar-refractivity contribution in [2.45, 2.75) is 6.92 Å². The second-order valence-corrected chi connectivity index (χ2v) is 4.94. The van der Waals surface area contributed by atoms with Crippen molar-refractivity contribution in [3.8, 4) is 5.69 Å². The molecule has 2 heterocycles. The van der Waals surface area contributed by atoms with E-state index in [1.807, 2.05) is 49.4 Å². The number of para-hydroxylation sites is 2. The van der Waals surface area contributed by atoms with Gasteiger partial charge in [-0.05, 0) is 31.2 Å². The highest BCUT2D eigenvalue weighted by molar-refractivity contribution is 5.90. The van der Waals surface area contributed by atoms with E-state index < -0.39 is 0 Å². The summed E-state index contributed by atoms with van der Waals surface area (Å²) >= 11 is 0. The normalized spacial score (nSPS) is 11.3. The van der Waals surface area contributed by atoms with E-state index in [1.165, 1.54) is 0 Å². The van der Waals surface area contributed by atoms with Crippen molar-refractivity contribution in [1.82, 2.24) is 9.78 Å². The molecule has 4 heteroatoms. The van der Waals surface area contributed by atoms with Crippen LogP contribution in [0.1, 0.15) is 5.69 Å². The Bertz CT molecular complexity index is 1010. The summed E-state index contributed by atoms with van der Waals surface area (Å²) in [4.78, 5) is 12.6. The fourth-order valence-corrected chi connectivity index (χ4v) is 2.59. The Morgan fingerprint density at radius 2 is 1.71 bits per heavy atom. The lowest BCUT2D eigenvalue weighted by Gasteiger charge is -2.02. The van der Waals surface area contributed by atoms with Crippen molar-refractivity contribution in [1.29, 1.82) is 0 Å². The molecule has 0 unspecified atom stereocenters. The van der Waals surface area contributed by atoms with E-state index in [9.17, 15) is 4.79 Å². The number of aryl methyl sites for hydroxylation is 1. The molecule has 0 amide bonds. The Kier molecular flexibility index (Phi) is 2.44. The standard InChI is InChI=1S/C17H12N2O2/c1-11-15-16(20)13-9-5-6-10-14(13)21-17(15)19(18-11)12-7-3-2-4-8-12/h2-10H,1H3. The van der Waals surface area contributed by atoms with Crippen LogP contribution in [0.5, 0.6) is 0 Å². The van der Waals surface area contributed by atoms with E-state index >= 15 is 0 Å². The van der Waals surface area contributed by atoms with Crippen LogP contribution >= 0.6 is 0 Å². The lowest BCUT2D eigenvalue weighted by atomic mass is 10.2. The molecule has 4 aromatic rings. The van der Waals surface area contributed by atoms with Crippen LogP contribution < -0.4 is 5.43 Å². The van der Waals surface area contributed by atoms with Gasteiger partial charge in [-0.25, -0.2) is 0 Å². The van der Waals surface area contributed by atoms with Gasteiger partial charge in [0, 0.05) is 0 Å². The molecule has 0 atom stereocenters.